The fourth-order valence-corrected chi connectivity index (χ4v) is 6.46. The fraction of sp³-hybridized carbons (Fsp3) is 0.429. The molecule has 0 aliphatic carbocycles. The van der Waals surface area contributed by atoms with Crippen molar-refractivity contribution < 1.29 is 9.84 Å². The molecule has 2 aromatic heterocycles. The number of benzene rings is 2. The molecule has 0 saturated carbocycles. The maximum atomic E-state index is 11.2. The Morgan fingerprint density at radius 1 is 1.19 bits per heavy atom. The van der Waals surface area contributed by atoms with Gasteiger partial charge in [-0.2, -0.15) is 0 Å². The second kappa shape index (κ2) is 10.6. The number of halogens is 1. The first-order valence-corrected chi connectivity index (χ1v) is 13.7. The smallest absolute Gasteiger partial charge is 0.134 e. The predicted octanol–water partition coefficient (Wildman–Crippen LogP) is 5.44. The maximum Gasteiger partial charge on any atom is 0.134 e. The largest absolute Gasteiger partial charge is 0.497 e. The summed E-state index contributed by atoms with van der Waals surface area (Å²) in [6.45, 7) is 6.49. The van der Waals surface area contributed by atoms with Gasteiger partial charge in [0.05, 0.1) is 34.0 Å². The van der Waals surface area contributed by atoms with Crippen molar-refractivity contribution in [3.8, 4) is 5.75 Å². The van der Waals surface area contributed by atoms with E-state index in [-0.39, 0.29) is 11.6 Å². The molecule has 0 unspecified atom stereocenters. The molecule has 190 valence electrons. The van der Waals surface area contributed by atoms with Crippen molar-refractivity contribution in [2.75, 3.05) is 20.2 Å². The second-order valence-corrected chi connectivity index (χ2v) is 11.7. The van der Waals surface area contributed by atoms with Crippen molar-refractivity contribution in [2.24, 2.45) is 0 Å². The van der Waals surface area contributed by atoms with Gasteiger partial charge in [0.2, 0.25) is 0 Å². The number of ether oxygens (including phenoxy) is 1. The third-order valence-corrected chi connectivity index (χ3v) is 8.37. The molecule has 2 aromatic carbocycles. The number of fused-ring (bicyclic) bond motifs is 2. The molecule has 2 atom stereocenters. The number of methoxy groups -OCH3 is 1. The summed E-state index contributed by atoms with van der Waals surface area (Å²) in [5, 5.41) is 17.4. The first kappa shape index (κ1) is 25.4. The minimum absolute atomic E-state index is 0.0818. The van der Waals surface area contributed by atoms with Crippen molar-refractivity contribution in [3.05, 3.63) is 64.3 Å². The van der Waals surface area contributed by atoms with E-state index in [4.69, 9.17) is 21.3 Å². The summed E-state index contributed by atoms with van der Waals surface area (Å²) >= 11 is 8.32. The Kier molecular flexibility index (Phi) is 7.47. The van der Waals surface area contributed by atoms with Crippen LogP contribution in [0, 0.1) is 0 Å². The molecule has 3 heterocycles. The number of para-hydroxylation sites is 1. The van der Waals surface area contributed by atoms with Gasteiger partial charge < -0.3 is 15.2 Å². The average molecular weight is 525 g/mol. The lowest BCUT2D eigenvalue weighted by molar-refractivity contribution is 0.0633. The quantitative estimate of drug-likeness (QED) is 0.284. The van der Waals surface area contributed by atoms with E-state index in [9.17, 15) is 5.11 Å². The van der Waals surface area contributed by atoms with Crippen LogP contribution >= 0.6 is 22.9 Å². The molecule has 2 N–H and O–H groups in total. The first-order chi connectivity index (χ1) is 17.3. The van der Waals surface area contributed by atoms with Gasteiger partial charge in [-0.3, -0.25) is 4.90 Å². The highest BCUT2D eigenvalue weighted by Gasteiger charge is 2.32. The fourth-order valence-electron chi connectivity index (χ4n) is 5.06. The molecular formula is C28H33ClN4O2S. The molecule has 0 bridgehead atoms. The number of nitrogens with zero attached hydrogens (tertiary/aromatic N) is 3. The Bertz CT molecular complexity index is 1330. The summed E-state index contributed by atoms with van der Waals surface area (Å²) in [6.07, 6.45) is 2.37. The van der Waals surface area contributed by atoms with Crippen LogP contribution in [0.3, 0.4) is 0 Å². The summed E-state index contributed by atoms with van der Waals surface area (Å²) < 4.78 is 6.52. The second-order valence-electron chi connectivity index (χ2n) is 10.3. The van der Waals surface area contributed by atoms with E-state index in [2.05, 4.69) is 53.3 Å². The monoisotopic (exact) mass is 524 g/mol. The molecule has 8 heteroatoms. The molecule has 6 nitrogen and oxygen atoms in total. The van der Waals surface area contributed by atoms with Gasteiger partial charge in [-0.15, -0.1) is 11.3 Å². The maximum absolute atomic E-state index is 11.2. The Labute approximate surface area is 221 Å². The van der Waals surface area contributed by atoms with E-state index >= 15 is 0 Å². The minimum atomic E-state index is -0.474. The predicted molar refractivity (Wildman–Crippen MR) is 148 cm³/mol. The minimum Gasteiger partial charge on any atom is -0.497 e. The molecule has 4 aromatic rings. The van der Waals surface area contributed by atoms with Gasteiger partial charge in [-0.1, -0.05) is 23.7 Å². The Morgan fingerprint density at radius 2 is 2.03 bits per heavy atom. The van der Waals surface area contributed by atoms with Crippen LogP contribution in [0.2, 0.25) is 5.15 Å². The zero-order chi connectivity index (χ0) is 25.3. The molecule has 0 amide bonds. The number of likely N-dealkylation sites (tertiary alicyclic amines) is 1. The molecule has 36 heavy (non-hydrogen) atoms. The van der Waals surface area contributed by atoms with Crippen LogP contribution < -0.4 is 10.1 Å². The van der Waals surface area contributed by atoms with Crippen molar-refractivity contribution in [1.29, 1.82) is 0 Å². The Morgan fingerprint density at radius 3 is 2.83 bits per heavy atom. The summed E-state index contributed by atoms with van der Waals surface area (Å²) in [6, 6.07) is 16.3. The highest BCUT2D eigenvalue weighted by atomic mass is 35.5. The molecular weight excluding hydrogens is 492 g/mol. The number of thiazole rings is 1. The highest BCUT2D eigenvalue weighted by molar-refractivity contribution is 7.18. The first-order valence-electron chi connectivity index (χ1n) is 12.5. The van der Waals surface area contributed by atoms with Crippen LogP contribution in [0.1, 0.15) is 37.3 Å². The third kappa shape index (κ3) is 5.66. The lowest BCUT2D eigenvalue weighted by atomic mass is 9.99. The van der Waals surface area contributed by atoms with Crippen LogP contribution in [-0.4, -0.2) is 57.9 Å². The highest BCUT2D eigenvalue weighted by Crippen LogP contribution is 2.29. The number of nitrogens with one attached hydrogen (secondary N) is 1. The van der Waals surface area contributed by atoms with Crippen LogP contribution in [0.4, 0.5) is 0 Å². The lowest BCUT2D eigenvalue weighted by Crippen LogP contribution is -2.50. The van der Waals surface area contributed by atoms with E-state index in [1.54, 1.807) is 18.4 Å². The van der Waals surface area contributed by atoms with Gasteiger partial charge in [0.25, 0.3) is 0 Å². The number of pyridine rings is 1. The average Bonchev–Trinajstić information content (AvgIpc) is 3.48. The zero-order valence-electron chi connectivity index (χ0n) is 21.0. The summed E-state index contributed by atoms with van der Waals surface area (Å²) in [7, 11) is 1.65. The molecule has 1 saturated heterocycles. The third-order valence-electron chi connectivity index (χ3n) is 7.00. The topological polar surface area (TPSA) is 70.5 Å². The van der Waals surface area contributed by atoms with E-state index in [0.717, 1.165) is 58.5 Å². The number of aliphatic hydroxyl groups excluding tert-OH is 1. The summed E-state index contributed by atoms with van der Waals surface area (Å²) in [5.74, 6) is 0.764. The van der Waals surface area contributed by atoms with E-state index in [0.29, 0.717) is 18.2 Å². The molecule has 1 aliphatic rings. The number of β-amino-alcohol motifs (C(OH)–C–C–N with tert-alkyl or cyclic N) is 1. The van der Waals surface area contributed by atoms with E-state index in [1.807, 2.05) is 24.3 Å². The Hall–Kier alpha value is -2.29. The van der Waals surface area contributed by atoms with E-state index in [1.165, 1.54) is 4.70 Å². The number of hydrogen-bond acceptors (Lipinski definition) is 7. The SMILES string of the molecule is COc1ccc2cc(CN3CCC[C@@H]3[C@H](O)CNC(C)(C)Cc3nc4ccccc4s3)c(Cl)nc2c1. The van der Waals surface area contributed by atoms with Crippen LogP contribution in [0.25, 0.3) is 21.1 Å². The molecule has 1 fully saturated rings. The van der Waals surface area contributed by atoms with Gasteiger partial charge in [0, 0.05) is 48.1 Å². The van der Waals surface area contributed by atoms with Crippen molar-refractivity contribution in [2.45, 2.75) is 57.3 Å². The zero-order valence-corrected chi connectivity index (χ0v) is 22.6. The molecule has 0 spiro atoms. The lowest BCUT2D eigenvalue weighted by Gasteiger charge is -2.32. The van der Waals surface area contributed by atoms with Gasteiger partial charge in [0.15, 0.2) is 0 Å². The van der Waals surface area contributed by atoms with E-state index < -0.39 is 6.10 Å². The van der Waals surface area contributed by atoms with Crippen molar-refractivity contribution >= 4 is 44.1 Å². The van der Waals surface area contributed by atoms with Gasteiger partial charge in [-0.05, 0) is 63.6 Å². The van der Waals surface area contributed by atoms with Crippen LogP contribution in [0.15, 0.2) is 48.5 Å². The van der Waals surface area contributed by atoms with Gasteiger partial charge in [-0.25, -0.2) is 9.97 Å². The molecule has 1 aliphatic heterocycles. The number of hydrogen-bond donors (Lipinski definition) is 2. The summed E-state index contributed by atoms with van der Waals surface area (Å²) in [5.41, 5.74) is 2.68. The Balaban J connectivity index is 1.22. The number of aliphatic hydroxyl groups is 1. The van der Waals surface area contributed by atoms with Gasteiger partial charge in [0.1, 0.15) is 10.9 Å². The van der Waals surface area contributed by atoms with Crippen molar-refractivity contribution in [1.82, 2.24) is 20.2 Å². The number of aromatic nitrogens is 2. The van der Waals surface area contributed by atoms with Crippen LogP contribution in [0.5, 0.6) is 5.75 Å². The molecule has 5 rings (SSSR count). The standard InChI is InChI=1S/C28H33ClN4O2S/c1-28(2,15-26-31-21-7-4-5-9-25(21)36-26)30-16-24(34)23-8-6-12-33(23)17-19-13-18-10-11-20(35-3)14-22(18)32-27(19)29/h4-5,7,9-11,13-14,23-24,30,34H,6,8,12,15-17H2,1-3H3/t23-,24-/m1/s1. The van der Waals surface area contributed by atoms with Crippen LogP contribution in [-0.2, 0) is 13.0 Å². The van der Waals surface area contributed by atoms with Crippen molar-refractivity contribution in [3.63, 3.8) is 0 Å². The summed E-state index contributed by atoms with van der Waals surface area (Å²) in [4.78, 5) is 11.7. The van der Waals surface area contributed by atoms with Gasteiger partial charge >= 0.3 is 0 Å². The molecule has 0 radical (unpaired) electrons. The normalized spacial score (nSPS) is 17.8. The number of rotatable bonds is 9.